The summed E-state index contributed by atoms with van der Waals surface area (Å²) in [5, 5.41) is 7.36. The molecule has 0 aliphatic carbocycles. The number of rotatable bonds is 8. The summed E-state index contributed by atoms with van der Waals surface area (Å²) in [6.45, 7) is 1.99. The van der Waals surface area contributed by atoms with Crippen molar-refractivity contribution >= 4 is 22.0 Å². The number of ether oxygens (including phenoxy) is 1. The van der Waals surface area contributed by atoms with Gasteiger partial charge in [0, 0.05) is 38.3 Å². The van der Waals surface area contributed by atoms with Crippen molar-refractivity contribution in [1.29, 1.82) is 0 Å². The van der Waals surface area contributed by atoms with Gasteiger partial charge < -0.3 is 10.1 Å². The predicted octanol–water partition coefficient (Wildman–Crippen LogP) is 2.27. The number of aromatic nitrogens is 2. The highest BCUT2D eigenvalue weighted by molar-refractivity contribution is 7.89. The summed E-state index contributed by atoms with van der Waals surface area (Å²) >= 11 is 0. The number of amides is 1. The fraction of sp³-hybridized carbons (Fsp3) is 0.250. The minimum Gasteiger partial charge on any atom is -0.379 e. The fourth-order valence-electron chi connectivity index (χ4n) is 3.45. The average Bonchev–Trinajstić information content (AvgIpc) is 3.33. The van der Waals surface area contributed by atoms with Crippen LogP contribution in [0.1, 0.15) is 11.3 Å². The van der Waals surface area contributed by atoms with E-state index < -0.39 is 10.0 Å². The summed E-state index contributed by atoms with van der Waals surface area (Å²) in [5.74, 6) is -0.220. The summed E-state index contributed by atoms with van der Waals surface area (Å²) in [6, 6.07) is 18.3. The number of morpholine rings is 1. The summed E-state index contributed by atoms with van der Waals surface area (Å²) in [5.41, 5.74) is 2.62. The van der Waals surface area contributed by atoms with Gasteiger partial charge in [-0.05, 0) is 42.0 Å². The predicted molar refractivity (Wildman–Crippen MR) is 125 cm³/mol. The van der Waals surface area contributed by atoms with E-state index in [2.05, 4.69) is 10.4 Å². The number of hydrogen-bond acceptors (Lipinski definition) is 5. The fourth-order valence-corrected chi connectivity index (χ4v) is 4.86. The Morgan fingerprint density at radius 3 is 2.48 bits per heavy atom. The van der Waals surface area contributed by atoms with Crippen molar-refractivity contribution in [2.24, 2.45) is 0 Å². The summed E-state index contributed by atoms with van der Waals surface area (Å²) in [7, 11) is -3.52. The van der Waals surface area contributed by atoms with Crippen LogP contribution < -0.4 is 5.32 Å². The van der Waals surface area contributed by atoms with Gasteiger partial charge in [0.15, 0.2) is 0 Å². The first-order valence-corrected chi connectivity index (χ1v) is 12.2. The highest BCUT2D eigenvalue weighted by Crippen LogP contribution is 2.18. The Morgan fingerprint density at radius 2 is 1.76 bits per heavy atom. The van der Waals surface area contributed by atoms with Crippen LogP contribution in [-0.4, -0.2) is 61.3 Å². The van der Waals surface area contributed by atoms with Gasteiger partial charge in [-0.15, -0.1) is 0 Å². The van der Waals surface area contributed by atoms with E-state index >= 15 is 0 Å². The quantitative estimate of drug-likeness (QED) is 0.514. The number of nitrogens with one attached hydrogen (secondary N) is 1. The van der Waals surface area contributed by atoms with Crippen molar-refractivity contribution in [2.75, 3.05) is 32.8 Å². The molecule has 2 aromatic carbocycles. The molecule has 9 heteroatoms. The van der Waals surface area contributed by atoms with Crippen LogP contribution in [0.3, 0.4) is 0 Å². The van der Waals surface area contributed by atoms with E-state index in [-0.39, 0.29) is 10.8 Å². The molecule has 1 fully saturated rings. The second-order valence-corrected chi connectivity index (χ2v) is 9.48. The number of sulfonamides is 1. The molecule has 8 nitrogen and oxygen atoms in total. The second kappa shape index (κ2) is 10.6. The van der Waals surface area contributed by atoms with Gasteiger partial charge in [-0.3, -0.25) is 4.79 Å². The summed E-state index contributed by atoms with van der Waals surface area (Å²) in [6.07, 6.45) is 5.61. The van der Waals surface area contributed by atoms with Crippen LogP contribution in [0, 0.1) is 0 Å². The number of benzene rings is 2. The molecular weight excluding hydrogens is 440 g/mol. The first kappa shape index (κ1) is 22.9. The minimum absolute atomic E-state index is 0.220. The standard InChI is InChI=1S/C24H26N4O4S/c29-24(25-14-12-21-13-15-28(26-21)22-4-2-1-3-5-22)11-8-20-6-9-23(10-7-20)33(30,31)27-16-18-32-19-17-27/h1-11,13,15H,12,14,16-19H2,(H,25,29)/b11-8+. The molecule has 0 saturated carbocycles. The van der Waals surface area contributed by atoms with Crippen LogP contribution in [0.5, 0.6) is 0 Å². The van der Waals surface area contributed by atoms with E-state index in [0.29, 0.717) is 39.3 Å². The van der Waals surface area contributed by atoms with Crippen LogP contribution in [0.4, 0.5) is 0 Å². The highest BCUT2D eigenvalue weighted by atomic mass is 32.2. The Labute approximate surface area is 193 Å². The molecule has 3 aromatic rings. The van der Waals surface area contributed by atoms with Gasteiger partial charge in [0.1, 0.15) is 0 Å². The summed E-state index contributed by atoms with van der Waals surface area (Å²) < 4.78 is 33.8. The maximum Gasteiger partial charge on any atom is 0.244 e. The first-order chi connectivity index (χ1) is 16.0. The average molecular weight is 467 g/mol. The smallest absolute Gasteiger partial charge is 0.244 e. The summed E-state index contributed by atoms with van der Waals surface area (Å²) in [4.78, 5) is 12.4. The third kappa shape index (κ3) is 5.95. The zero-order valence-corrected chi connectivity index (χ0v) is 18.9. The van der Waals surface area contributed by atoms with E-state index in [1.807, 2.05) is 42.6 Å². The van der Waals surface area contributed by atoms with E-state index in [0.717, 1.165) is 16.9 Å². The van der Waals surface area contributed by atoms with Gasteiger partial charge in [-0.25, -0.2) is 13.1 Å². The van der Waals surface area contributed by atoms with E-state index in [1.165, 1.54) is 10.4 Å². The number of hydrogen-bond donors (Lipinski definition) is 1. The molecule has 1 N–H and O–H groups in total. The lowest BCUT2D eigenvalue weighted by Gasteiger charge is -2.26. The molecule has 0 radical (unpaired) electrons. The third-order valence-electron chi connectivity index (χ3n) is 5.26. The molecule has 1 aliphatic heterocycles. The topological polar surface area (TPSA) is 93.5 Å². The largest absolute Gasteiger partial charge is 0.379 e. The number of carbonyl (C=O) groups excluding carboxylic acids is 1. The normalized spacial score (nSPS) is 15.0. The molecule has 33 heavy (non-hydrogen) atoms. The Balaban J connectivity index is 1.26. The van der Waals surface area contributed by atoms with Gasteiger partial charge in [-0.2, -0.15) is 9.40 Å². The molecule has 1 aromatic heterocycles. The molecule has 4 rings (SSSR count). The Hall–Kier alpha value is -3.27. The van der Waals surface area contributed by atoms with Crippen molar-refractivity contribution in [2.45, 2.75) is 11.3 Å². The van der Waals surface area contributed by atoms with Crippen LogP contribution in [0.2, 0.25) is 0 Å². The van der Waals surface area contributed by atoms with Gasteiger partial charge >= 0.3 is 0 Å². The van der Waals surface area contributed by atoms with Crippen molar-refractivity contribution in [3.63, 3.8) is 0 Å². The molecule has 2 heterocycles. The maximum atomic E-state index is 12.7. The molecule has 172 valence electrons. The molecule has 0 spiro atoms. The van der Waals surface area contributed by atoms with Gasteiger partial charge in [-0.1, -0.05) is 30.3 Å². The third-order valence-corrected chi connectivity index (χ3v) is 7.17. The number of para-hydroxylation sites is 1. The first-order valence-electron chi connectivity index (χ1n) is 10.8. The zero-order chi connectivity index (χ0) is 23.1. The molecule has 0 bridgehead atoms. The van der Waals surface area contributed by atoms with Crippen LogP contribution in [0.15, 0.2) is 77.8 Å². The SMILES string of the molecule is O=C(/C=C/c1ccc(S(=O)(=O)N2CCOCC2)cc1)NCCc1ccn(-c2ccccc2)n1. The lowest BCUT2D eigenvalue weighted by atomic mass is 10.2. The minimum atomic E-state index is -3.52. The van der Waals surface area contributed by atoms with Crippen LogP contribution in [0.25, 0.3) is 11.8 Å². The van der Waals surface area contributed by atoms with Crippen molar-refractivity contribution < 1.29 is 17.9 Å². The van der Waals surface area contributed by atoms with Crippen molar-refractivity contribution in [3.05, 3.63) is 84.2 Å². The molecule has 1 aliphatic rings. The van der Waals surface area contributed by atoms with Gasteiger partial charge in [0.2, 0.25) is 15.9 Å². The van der Waals surface area contributed by atoms with E-state index in [9.17, 15) is 13.2 Å². The number of nitrogens with zero attached hydrogens (tertiary/aromatic N) is 3. The van der Waals surface area contributed by atoms with Crippen molar-refractivity contribution in [1.82, 2.24) is 19.4 Å². The molecule has 1 saturated heterocycles. The monoisotopic (exact) mass is 466 g/mol. The van der Waals surface area contributed by atoms with E-state index in [4.69, 9.17) is 4.74 Å². The van der Waals surface area contributed by atoms with Gasteiger partial charge in [0.05, 0.1) is 29.5 Å². The zero-order valence-electron chi connectivity index (χ0n) is 18.1. The number of carbonyl (C=O) groups is 1. The van der Waals surface area contributed by atoms with E-state index in [1.54, 1.807) is 35.0 Å². The molecular formula is C24H26N4O4S. The lowest BCUT2D eigenvalue weighted by molar-refractivity contribution is -0.116. The highest BCUT2D eigenvalue weighted by Gasteiger charge is 2.25. The van der Waals surface area contributed by atoms with Gasteiger partial charge in [0.25, 0.3) is 0 Å². The molecule has 1 amide bonds. The Morgan fingerprint density at radius 1 is 1.03 bits per heavy atom. The van der Waals surface area contributed by atoms with Crippen molar-refractivity contribution in [3.8, 4) is 5.69 Å². The molecule has 0 unspecified atom stereocenters. The van der Waals surface area contributed by atoms with Crippen LogP contribution >= 0.6 is 0 Å². The Bertz CT molecular complexity index is 1200. The molecule has 0 atom stereocenters. The van der Waals surface area contributed by atoms with Crippen LogP contribution in [-0.2, 0) is 26.0 Å². The Kier molecular flexibility index (Phi) is 7.33. The maximum absolute atomic E-state index is 12.7. The lowest BCUT2D eigenvalue weighted by Crippen LogP contribution is -2.40. The second-order valence-electron chi connectivity index (χ2n) is 7.55.